The van der Waals surface area contributed by atoms with Crippen LogP contribution >= 0.6 is 0 Å². The van der Waals surface area contributed by atoms with E-state index in [4.69, 9.17) is 11.5 Å². The zero-order valence-electron chi connectivity index (χ0n) is 24.0. The van der Waals surface area contributed by atoms with Crippen molar-refractivity contribution in [3.8, 4) is 0 Å². The molecule has 0 fully saturated rings. The van der Waals surface area contributed by atoms with Crippen molar-refractivity contribution >= 4 is 34.6 Å². The van der Waals surface area contributed by atoms with E-state index >= 15 is 0 Å². The molecule has 6 unspecified atom stereocenters. The number of benzene rings is 1. The summed E-state index contributed by atoms with van der Waals surface area (Å²) in [6.07, 6.45) is 4.91. The molecule has 0 spiro atoms. The molecule has 0 aliphatic heterocycles. The normalized spacial score (nSPS) is 15.8. The number of aromatic amines is 1. The average Bonchev–Trinajstić information content (AvgIpc) is 3.35. The van der Waals surface area contributed by atoms with Crippen LogP contribution in [0.3, 0.4) is 0 Å². The van der Waals surface area contributed by atoms with Gasteiger partial charge in [-0.3, -0.25) is 14.4 Å². The van der Waals surface area contributed by atoms with E-state index in [1.54, 1.807) is 13.1 Å². The Kier molecular flexibility index (Phi) is 13.1. The van der Waals surface area contributed by atoms with Crippen LogP contribution in [0.15, 0.2) is 30.5 Å². The van der Waals surface area contributed by atoms with Crippen molar-refractivity contribution in [1.82, 2.24) is 20.9 Å². The van der Waals surface area contributed by atoms with Crippen molar-refractivity contribution in [3.63, 3.8) is 0 Å². The first kappa shape index (κ1) is 32.8. The van der Waals surface area contributed by atoms with Crippen molar-refractivity contribution in [2.24, 2.45) is 23.3 Å². The molecule has 2 aromatic rings. The van der Waals surface area contributed by atoms with Crippen molar-refractivity contribution < 1.29 is 24.3 Å². The van der Waals surface area contributed by atoms with Crippen molar-refractivity contribution in [3.05, 3.63) is 36.0 Å². The Balaban J connectivity index is 2.31. The van der Waals surface area contributed by atoms with Gasteiger partial charge in [0.25, 0.3) is 0 Å². The van der Waals surface area contributed by atoms with Gasteiger partial charge in [0.2, 0.25) is 17.7 Å². The number of aromatic nitrogens is 1. The van der Waals surface area contributed by atoms with Crippen LogP contribution in [0.2, 0.25) is 0 Å². The molecule has 2 rings (SSSR count). The van der Waals surface area contributed by atoms with Crippen LogP contribution in [0.4, 0.5) is 0 Å². The van der Waals surface area contributed by atoms with E-state index in [1.165, 1.54) is 0 Å². The third-order valence-corrected chi connectivity index (χ3v) is 7.61. The quantitative estimate of drug-likeness (QED) is 0.144. The maximum atomic E-state index is 13.6. The van der Waals surface area contributed by atoms with Gasteiger partial charge in [0.1, 0.15) is 18.1 Å². The number of carboxylic acid groups (broad SMARTS) is 1. The SMILES string of the molecule is CCC(C)C(NC(=O)C(Cc1c[nH]c2ccccc12)NC(=O)C(NC(=O)C(N)CCCCN)C(C)CC)C(=O)O. The van der Waals surface area contributed by atoms with Gasteiger partial charge in [-0.2, -0.15) is 0 Å². The van der Waals surface area contributed by atoms with Crippen LogP contribution in [-0.4, -0.2) is 64.5 Å². The van der Waals surface area contributed by atoms with Crippen LogP contribution in [0.25, 0.3) is 10.9 Å². The van der Waals surface area contributed by atoms with Gasteiger partial charge in [0.15, 0.2) is 0 Å². The van der Waals surface area contributed by atoms with Gasteiger partial charge >= 0.3 is 5.97 Å². The summed E-state index contributed by atoms with van der Waals surface area (Å²) in [7, 11) is 0. The third-order valence-electron chi connectivity index (χ3n) is 7.61. The molecule has 6 atom stereocenters. The number of aliphatic carboxylic acids is 1. The molecule has 1 aromatic heterocycles. The molecule has 0 aliphatic rings. The van der Waals surface area contributed by atoms with Gasteiger partial charge in [0, 0.05) is 23.5 Å². The van der Waals surface area contributed by atoms with Crippen LogP contribution in [0, 0.1) is 11.8 Å². The summed E-state index contributed by atoms with van der Waals surface area (Å²) in [5.74, 6) is -3.31. The summed E-state index contributed by atoms with van der Waals surface area (Å²) in [4.78, 5) is 55.0. The Morgan fingerprint density at radius 3 is 2.15 bits per heavy atom. The van der Waals surface area contributed by atoms with E-state index in [1.807, 2.05) is 45.0 Å². The number of carbonyl (C=O) groups excluding carboxylic acids is 3. The average molecular weight is 559 g/mol. The Hall–Kier alpha value is -3.44. The zero-order valence-corrected chi connectivity index (χ0v) is 24.0. The zero-order chi connectivity index (χ0) is 29.8. The van der Waals surface area contributed by atoms with E-state index in [0.717, 1.165) is 22.9 Å². The molecule has 11 heteroatoms. The predicted octanol–water partition coefficient (Wildman–Crippen LogP) is 1.80. The smallest absolute Gasteiger partial charge is 0.326 e. The fraction of sp³-hybridized carbons (Fsp3) is 0.586. The monoisotopic (exact) mass is 558 g/mol. The maximum Gasteiger partial charge on any atom is 0.326 e. The molecule has 9 N–H and O–H groups in total. The lowest BCUT2D eigenvalue weighted by atomic mass is 9.95. The highest BCUT2D eigenvalue weighted by molar-refractivity contribution is 5.95. The topological polar surface area (TPSA) is 192 Å². The second-order valence-electron chi connectivity index (χ2n) is 10.6. The lowest BCUT2D eigenvalue weighted by Crippen LogP contribution is -2.59. The molecule has 11 nitrogen and oxygen atoms in total. The first-order valence-electron chi connectivity index (χ1n) is 14.2. The number of amides is 3. The highest BCUT2D eigenvalue weighted by Gasteiger charge is 2.34. The van der Waals surface area contributed by atoms with Crippen LogP contribution in [0.5, 0.6) is 0 Å². The summed E-state index contributed by atoms with van der Waals surface area (Å²) in [5.41, 5.74) is 13.2. The molecule has 3 amide bonds. The number of hydrogen-bond donors (Lipinski definition) is 7. The molecule has 1 aromatic carbocycles. The molecule has 0 bridgehead atoms. The van der Waals surface area contributed by atoms with Gasteiger partial charge < -0.3 is 37.5 Å². The minimum atomic E-state index is -1.15. The number of nitrogens with one attached hydrogen (secondary N) is 4. The number of nitrogens with two attached hydrogens (primary N) is 2. The van der Waals surface area contributed by atoms with Gasteiger partial charge in [-0.15, -0.1) is 0 Å². The second-order valence-corrected chi connectivity index (χ2v) is 10.6. The molecule has 0 radical (unpaired) electrons. The lowest BCUT2D eigenvalue weighted by Gasteiger charge is -2.28. The second kappa shape index (κ2) is 16.0. The summed E-state index contributed by atoms with van der Waals surface area (Å²) >= 11 is 0. The van der Waals surface area contributed by atoms with E-state index in [-0.39, 0.29) is 18.3 Å². The van der Waals surface area contributed by atoms with Crippen molar-refractivity contribution in [1.29, 1.82) is 0 Å². The molecular weight excluding hydrogens is 512 g/mol. The number of unbranched alkanes of at least 4 members (excludes halogenated alkanes) is 1. The van der Waals surface area contributed by atoms with E-state index in [2.05, 4.69) is 20.9 Å². The van der Waals surface area contributed by atoms with Gasteiger partial charge in [-0.25, -0.2) is 4.79 Å². The number of H-pyrrole nitrogens is 1. The minimum absolute atomic E-state index is 0.119. The summed E-state index contributed by atoms with van der Waals surface area (Å²) in [5, 5.41) is 18.8. The number of hydrogen-bond acceptors (Lipinski definition) is 6. The Morgan fingerprint density at radius 2 is 1.52 bits per heavy atom. The van der Waals surface area contributed by atoms with Crippen LogP contribution in [0.1, 0.15) is 65.4 Å². The van der Waals surface area contributed by atoms with Gasteiger partial charge in [-0.05, 0) is 42.9 Å². The Morgan fingerprint density at radius 1 is 0.900 bits per heavy atom. The molecule has 0 aliphatic carbocycles. The standard InChI is InChI=1S/C29H46N6O5/c1-5-17(3)24(34-26(36)21(31)12-9-10-14-30)28(38)33-23(27(37)35-25(29(39)40)18(4)6-2)15-19-16-32-22-13-8-7-11-20(19)22/h7-8,11,13,16-18,21,23-25,32H,5-6,9-10,12,14-15,30-31H2,1-4H3,(H,33,38)(H,34,36)(H,35,37)(H,39,40). The van der Waals surface area contributed by atoms with E-state index in [9.17, 15) is 24.3 Å². The fourth-order valence-corrected chi connectivity index (χ4v) is 4.53. The number of fused-ring (bicyclic) bond motifs is 1. The fourth-order valence-electron chi connectivity index (χ4n) is 4.53. The molecule has 40 heavy (non-hydrogen) atoms. The highest BCUT2D eigenvalue weighted by Crippen LogP contribution is 2.20. The van der Waals surface area contributed by atoms with Gasteiger partial charge in [-0.1, -0.05) is 65.2 Å². The number of carbonyl (C=O) groups is 4. The summed E-state index contributed by atoms with van der Waals surface area (Å²) < 4.78 is 0. The van der Waals surface area contributed by atoms with Gasteiger partial charge in [0.05, 0.1) is 6.04 Å². The van der Waals surface area contributed by atoms with E-state index in [0.29, 0.717) is 32.2 Å². The van der Waals surface area contributed by atoms with E-state index < -0.39 is 47.9 Å². The molecular formula is C29H46N6O5. The number of para-hydroxylation sites is 1. The maximum absolute atomic E-state index is 13.6. The molecule has 0 saturated carbocycles. The molecule has 1 heterocycles. The van der Waals surface area contributed by atoms with Crippen LogP contribution < -0.4 is 27.4 Å². The highest BCUT2D eigenvalue weighted by atomic mass is 16.4. The summed E-state index contributed by atoms with van der Waals surface area (Å²) in [6, 6.07) is 3.66. The molecule has 0 saturated heterocycles. The number of rotatable bonds is 17. The minimum Gasteiger partial charge on any atom is -0.480 e. The first-order valence-corrected chi connectivity index (χ1v) is 14.2. The Labute approximate surface area is 236 Å². The number of carboxylic acids is 1. The predicted molar refractivity (Wildman–Crippen MR) is 155 cm³/mol. The lowest BCUT2D eigenvalue weighted by molar-refractivity contribution is -0.143. The molecule has 222 valence electrons. The van der Waals surface area contributed by atoms with Crippen molar-refractivity contribution in [2.75, 3.05) is 6.54 Å². The largest absolute Gasteiger partial charge is 0.480 e. The Bertz CT molecular complexity index is 1140. The van der Waals surface area contributed by atoms with Crippen molar-refractivity contribution in [2.45, 2.75) is 90.4 Å². The summed E-state index contributed by atoms with van der Waals surface area (Å²) in [6.45, 7) is 7.84. The van der Waals surface area contributed by atoms with Crippen LogP contribution in [-0.2, 0) is 25.6 Å². The first-order chi connectivity index (χ1) is 19.0. The third kappa shape index (κ3) is 9.06.